The summed E-state index contributed by atoms with van der Waals surface area (Å²) >= 11 is 1.32. The third kappa shape index (κ3) is 5.92. The first kappa shape index (κ1) is 17.0. The largest absolute Gasteiger partial charge is 0.391 e. The molecule has 0 aliphatic heterocycles. The van der Waals surface area contributed by atoms with Crippen LogP contribution in [0.4, 0.5) is 4.39 Å². The molecule has 0 aliphatic carbocycles. The third-order valence-electron chi connectivity index (χ3n) is 2.92. The van der Waals surface area contributed by atoms with Gasteiger partial charge in [0.25, 0.3) is 0 Å². The van der Waals surface area contributed by atoms with Crippen LogP contribution in [0.2, 0.25) is 0 Å². The van der Waals surface area contributed by atoms with Gasteiger partial charge in [-0.15, -0.1) is 11.8 Å². The highest BCUT2D eigenvalue weighted by Gasteiger charge is 2.22. The summed E-state index contributed by atoms with van der Waals surface area (Å²) in [5, 5.41) is 12.5. The van der Waals surface area contributed by atoms with E-state index in [1.807, 2.05) is 20.8 Å². The van der Waals surface area contributed by atoms with E-state index in [-0.39, 0.29) is 23.7 Å². The van der Waals surface area contributed by atoms with Gasteiger partial charge in [-0.05, 0) is 17.5 Å². The van der Waals surface area contributed by atoms with Crippen molar-refractivity contribution < 1.29 is 14.3 Å². The fourth-order valence-electron chi connectivity index (χ4n) is 1.42. The van der Waals surface area contributed by atoms with Crippen molar-refractivity contribution in [3.63, 3.8) is 0 Å². The highest BCUT2D eigenvalue weighted by atomic mass is 32.2. The van der Waals surface area contributed by atoms with Gasteiger partial charge in [0, 0.05) is 23.6 Å². The Bertz CT molecular complexity index is 446. The quantitative estimate of drug-likeness (QED) is 0.794. The van der Waals surface area contributed by atoms with Crippen LogP contribution in [-0.4, -0.2) is 29.4 Å². The topological polar surface area (TPSA) is 49.3 Å². The van der Waals surface area contributed by atoms with Crippen LogP contribution in [0.5, 0.6) is 0 Å². The Morgan fingerprint density at radius 2 is 2.05 bits per heavy atom. The third-order valence-corrected chi connectivity index (χ3v) is 3.97. The molecule has 0 bridgehead atoms. The van der Waals surface area contributed by atoms with E-state index in [2.05, 4.69) is 5.32 Å². The first-order valence-corrected chi connectivity index (χ1v) is 7.61. The second kappa shape index (κ2) is 7.64. The lowest BCUT2D eigenvalue weighted by molar-refractivity contribution is -0.121. The molecule has 0 saturated carbocycles. The molecule has 112 valence electrons. The van der Waals surface area contributed by atoms with Crippen LogP contribution in [0, 0.1) is 11.2 Å². The van der Waals surface area contributed by atoms with E-state index < -0.39 is 6.10 Å². The lowest BCUT2D eigenvalue weighted by atomic mass is 9.89. The molecule has 0 fully saturated rings. The molecule has 3 nitrogen and oxygen atoms in total. The van der Waals surface area contributed by atoms with Gasteiger partial charge in [-0.2, -0.15) is 0 Å². The molecule has 20 heavy (non-hydrogen) atoms. The van der Waals surface area contributed by atoms with Crippen molar-refractivity contribution in [3.05, 3.63) is 30.1 Å². The number of aliphatic hydroxyl groups excluding tert-OH is 1. The number of carbonyl (C=O) groups is 1. The van der Waals surface area contributed by atoms with Gasteiger partial charge in [0.2, 0.25) is 5.91 Å². The van der Waals surface area contributed by atoms with Crippen LogP contribution in [-0.2, 0) is 4.79 Å². The molecule has 0 aromatic heterocycles. The fourth-order valence-corrected chi connectivity index (χ4v) is 2.31. The number of hydrogen-bond donors (Lipinski definition) is 2. The van der Waals surface area contributed by atoms with Crippen molar-refractivity contribution in [3.8, 4) is 0 Å². The molecule has 2 N–H and O–H groups in total. The zero-order chi connectivity index (χ0) is 15.2. The van der Waals surface area contributed by atoms with E-state index >= 15 is 0 Å². The Labute approximate surface area is 124 Å². The predicted octanol–water partition coefficient (Wildman–Crippen LogP) is 2.83. The summed E-state index contributed by atoms with van der Waals surface area (Å²) in [4.78, 5) is 12.2. The first-order valence-electron chi connectivity index (χ1n) is 6.63. The summed E-state index contributed by atoms with van der Waals surface area (Å²) < 4.78 is 13.3. The summed E-state index contributed by atoms with van der Waals surface area (Å²) in [5.74, 6) is 0.122. The molecule has 1 atom stereocenters. The number of benzene rings is 1. The summed E-state index contributed by atoms with van der Waals surface area (Å²) in [7, 11) is 0. The van der Waals surface area contributed by atoms with Crippen molar-refractivity contribution in [1.82, 2.24) is 5.32 Å². The summed E-state index contributed by atoms with van der Waals surface area (Å²) in [6.07, 6.45) is -0.277. The van der Waals surface area contributed by atoms with Gasteiger partial charge >= 0.3 is 0 Å². The maximum absolute atomic E-state index is 13.3. The molecule has 0 heterocycles. The minimum Gasteiger partial charge on any atom is -0.391 e. The van der Waals surface area contributed by atoms with Crippen LogP contribution in [0.3, 0.4) is 0 Å². The van der Waals surface area contributed by atoms with Crippen LogP contribution in [0.15, 0.2) is 29.2 Å². The molecule has 1 rings (SSSR count). The molecule has 1 unspecified atom stereocenters. The minimum absolute atomic E-state index is 0.128. The second-order valence-corrected chi connectivity index (χ2v) is 6.85. The van der Waals surface area contributed by atoms with Gasteiger partial charge in [-0.1, -0.05) is 32.9 Å². The molecule has 0 radical (unpaired) electrons. The molecular formula is C15H22FNO2S. The van der Waals surface area contributed by atoms with Crippen molar-refractivity contribution >= 4 is 17.7 Å². The maximum atomic E-state index is 13.3. The Balaban J connectivity index is 2.26. The molecule has 5 heteroatoms. The number of carbonyl (C=O) groups excluding carboxylic acids is 1. The zero-order valence-corrected chi connectivity index (χ0v) is 13.0. The molecule has 1 aromatic carbocycles. The van der Waals surface area contributed by atoms with E-state index in [0.29, 0.717) is 17.1 Å². The van der Waals surface area contributed by atoms with E-state index in [0.717, 1.165) is 0 Å². The van der Waals surface area contributed by atoms with Crippen molar-refractivity contribution in [1.29, 1.82) is 0 Å². The summed E-state index contributed by atoms with van der Waals surface area (Å²) in [5.41, 5.74) is -0.255. The molecule has 1 aromatic rings. The molecular weight excluding hydrogens is 277 g/mol. The van der Waals surface area contributed by atoms with Crippen LogP contribution < -0.4 is 5.32 Å². The number of aliphatic hydroxyl groups is 1. The van der Waals surface area contributed by atoms with E-state index in [9.17, 15) is 14.3 Å². The lowest BCUT2D eigenvalue weighted by Gasteiger charge is -2.25. The Hall–Kier alpha value is -1.07. The van der Waals surface area contributed by atoms with Crippen molar-refractivity contribution in [2.75, 3.05) is 12.3 Å². The predicted molar refractivity (Wildman–Crippen MR) is 80.2 cm³/mol. The SMILES string of the molecule is CC(C)(C)C(O)CNC(=O)CCSc1ccccc1F. The van der Waals surface area contributed by atoms with Crippen LogP contribution in [0.25, 0.3) is 0 Å². The molecule has 0 spiro atoms. The van der Waals surface area contributed by atoms with E-state index in [1.54, 1.807) is 18.2 Å². The smallest absolute Gasteiger partial charge is 0.220 e. The standard InChI is InChI=1S/C15H22FNO2S/c1-15(2,3)13(18)10-17-14(19)8-9-20-12-7-5-4-6-11(12)16/h4-7,13,18H,8-10H2,1-3H3,(H,17,19). The van der Waals surface area contributed by atoms with Gasteiger partial charge in [0.15, 0.2) is 0 Å². The Kier molecular flexibility index (Phi) is 6.49. The number of hydrogen-bond acceptors (Lipinski definition) is 3. The fraction of sp³-hybridized carbons (Fsp3) is 0.533. The minimum atomic E-state index is -0.578. The van der Waals surface area contributed by atoms with Crippen LogP contribution in [0.1, 0.15) is 27.2 Å². The second-order valence-electron chi connectivity index (χ2n) is 5.71. The number of amides is 1. The van der Waals surface area contributed by atoms with Gasteiger partial charge in [0.05, 0.1) is 6.10 Å². The Morgan fingerprint density at radius 1 is 1.40 bits per heavy atom. The van der Waals surface area contributed by atoms with Gasteiger partial charge < -0.3 is 10.4 Å². The molecule has 1 amide bonds. The molecule has 0 saturated heterocycles. The maximum Gasteiger partial charge on any atom is 0.220 e. The monoisotopic (exact) mass is 299 g/mol. The van der Waals surface area contributed by atoms with Gasteiger partial charge in [-0.3, -0.25) is 4.79 Å². The average Bonchev–Trinajstić information content (AvgIpc) is 2.37. The summed E-state index contributed by atoms with van der Waals surface area (Å²) in [6.45, 7) is 5.99. The zero-order valence-electron chi connectivity index (χ0n) is 12.1. The van der Waals surface area contributed by atoms with Crippen LogP contribution >= 0.6 is 11.8 Å². The average molecular weight is 299 g/mol. The summed E-state index contributed by atoms with van der Waals surface area (Å²) in [6, 6.07) is 6.51. The Morgan fingerprint density at radius 3 is 2.65 bits per heavy atom. The highest BCUT2D eigenvalue weighted by molar-refractivity contribution is 7.99. The van der Waals surface area contributed by atoms with Gasteiger partial charge in [-0.25, -0.2) is 4.39 Å². The number of rotatable bonds is 6. The number of thioether (sulfide) groups is 1. The highest BCUT2D eigenvalue weighted by Crippen LogP contribution is 2.22. The first-order chi connectivity index (χ1) is 9.30. The molecule has 0 aliphatic rings. The van der Waals surface area contributed by atoms with E-state index in [1.165, 1.54) is 17.8 Å². The normalized spacial score (nSPS) is 13.1. The van der Waals surface area contributed by atoms with Crippen molar-refractivity contribution in [2.24, 2.45) is 5.41 Å². The number of nitrogens with one attached hydrogen (secondary N) is 1. The van der Waals surface area contributed by atoms with Gasteiger partial charge in [0.1, 0.15) is 5.82 Å². The van der Waals surface area contributed by atoms with Crippen molar-refractivity contribution in [2.45, 2.75) is 38.2 Å². The van der Waals surface area contributed by atoms with E-state index in [4.69, 9.17) is 0 Å². The number of halogens is 1. The lowest BCUT2D eigenvalue weighted by Crippen LogP contribution is -2.39.